The molecule has 0 saturated heterocycles. The molecule has 1 amide bonds. The summed E-state index contributed by atoms with van der Waals surface area (Å²) < 4.78 is 26.0. The predicted octanol–water partition coefficient (Wildman–Crippen LogP) is 3.16. The van der Waals surface area contributed by atoms with Crippen LogP contribution in [0.25, 0.3) is 21.9 Å². The van der Waals surface area contributed by atoms with E-state index in [0.717, 1.165) is 12.8 Å². The van der Waals surface area contributed by atoms with E-state index in [1.807, 2.05) is 0 Å². The Kier molecular flexibility index (Phi) is 6.19. The number of aromatic nitrogens is 1. The maximum absolute atomic E-state index is 14.0. The first kappa shape index (κ1) is 21.5. The lowest BCUT2D eigenvalue weighted by Gasteiger charge is -2.16. The Morgan fingerprint density at radius 2 is 2.06 bits per heavy atom. The van der Waals surface area contributed by atoms with Crippen LogP contribution in [0.3, 0.4) is 0 Å². The summed E-state index contributed by atoms with van der Waals surface area (Å²) in [7, 11) is 1.54. The second-order valence-corrected chi connectivity index (χ2v) is 7.59. The van der Waals surface area contributed by atoms with E-state index < -0.39 is 5.82 Å². The summed E-state index contributed by atoms with van der Waals surface area (Å²) in [6.07, 6.45) is 1.64. The van der Waals surface area contributed by atoms with E-state index in [2.05, 4.69) is 11.4 Å². The van der Waals surface area contributed by atoms with Crippen molar-refractivity contribution in [1.29, 1.82) is 5.26 Å². The molecule has 164 valence electrons. The molecule has 32 heavy (non-hydrogen) atoms. The molecule has 4 rings (SSSR count). The van der Waals surface area contributed by atoms with Gasteiger partial charge in [-0.2, -0.15) is 5.26 Å². The van der Waals surface area contributed by atoms with Gasteiger partial charge in [-0.05, 0) is 48.7 Å². The van der Waals surface area contributed by atoms with Crippen molar-refractivity contribution in [2.45, 2.75) is 18.9 Å². The van der Waals surface area contributed by atoms with Crippen LogP contribution in [-0.2, 0) is 9.53 Å². The number of amides is 1. The van der Waals surface area contributed by atoms with Crippen LogP contribution in [0, 0.1) is 17.1 Å². The number of pyridine rings is 1. The fourth-order valence-electron chi connectivity index (χ4n) is 3.71. The molecule has 1 N–H and O–H groups in total. The monoisotopic (exact) mass is 435 g/mol. The number of nitrogens with zero attached hydrogens (tertiary/aromatic N) is 2. The highest BCUT2D eigenvalue weighted by Crippen LogP contribution is 2.39. The highest BCUT2D eigenvalue weighted by Gasteiger charge is 2.30. The number of hydrogen-bond donors (Lipinski definition) is 1. The van der Waals surface area contributed by atoms with Gasteiger partial charge < -0.3 is 14.8 Å². The third-order valence-electron chi connectivity index (χ3n) is 5.32. The number of nitrogens with one attached hydrogen (secondary N) is 1. The summed E-state index contributed by atoms with van der Waals surface area (Å²) >= 11 is 0. The Morgan fingerprint density at radius 3 is 2.75 bits per heavy atom. The van der Waals surface area contributed by atoms with Gasteiger partial charge in [-0.3, -0.25) is 14.2 Å². The first-order valence-electron chi connectivity index (χ1n) is 10.3. The normalized spacial score (nSPS) is 13.0. The van der Waals surface area contributed by atoms with Crippen molar-refractivity contribution in [2.24, 2.45) is 0 Å². The number of methoxy groups -OCH3 is 1. The zero-order valence-electron chi connectivity index (χ0n) is 17.6. The van der Waals surface area contributed by atoms with Crippen LogP contribution < -0.4 is 15.6 Å². The van der Waals surface area contributed by atoms with Gasteiger partial charge in [0.25, 0.3) is 11.5 Å². The number of benzene rings is 2. The van der Waals surface area contributed by atoms with E-state index in [0.29, 0.717) is 40.8 Å². The first-order chi connectivity index (χ1) is 15.5. The minimum Gasteiger partial charge on any atom is -0.484 e. The molecule has 0 spiro atoms. The molecule has 0 aliphatic heterocycles. The van der Waals surface area contributed by atoms with Gasteiger partial charge in [-0.15, -0.1) is 0 Å². The van der Waals surface area contributed by atoms with Crippen LogP contribution in [0.1, 0.15) is 24.6 Å². The molecule has 1 saturated carbocycles. The number of fused-ring (bicyclic) bond motifs is 1. The SMILES string of the molecule is COCCNC(=O)COc1ccc2c(=O)n(C3CC3)c(C#N)c(-c3cccc(F)c3)c2c1. The third kappa shape index (κ3) is 4.34. The molecule has 2 aromatic carbocycles. The van der Waals surface area contributed by atoms with E-state index in [-0.39, 0.29) is 29.8 Å². The van der Waals surface area contributed by atoms with Gasteiger partial charge in [0.05, 0.1) is 6.61 Å². The Labute approximate surface area is 184 Å². The van der Waals surface area contributed by atoms with E-state index in [9.17, 15) is 19.2 Å². The summed E-state index contributed by atoms with van der Waals surface area (Å²) in [5, 5.41) is 13.5. The van der Waals surface area contributed by atoms with Gasteiger partial charge in [-0.25, -0.2) is 4.39 Å². The number of ether oxygens (including phenoxy) is 2. The molecule has 1 aromatic heterocycles. The average Bonchev–Trinajstić information content (AvgIpc) is 3.62. The average molecular weight is 435 g/mol. The Morgan fingerprint density at radius 1 is 1.25 bits per heavy atom. The number of halogens is 1. The van der Waals surface area contributed by atoms with Gasteiger partial charge in [0, 0.05) is 36.0 Å². The molecular formula is C24H22FN3O4. The molecule has 7 nitrogen and oxygen atoms in total. The van der Waals surface area contributed by atoms with Gasteiger partial charge >= 0.3 is 0 Å². The standard InChI is InChI=1S/C24H22FN3O4/c1-31-10-9-27-22(29)14-32-18-7-8-19-20(12-18)23(15-3-2-4-16(25)11-15)21(13-26)28(24(19)30)17-5-6-17/h2-4,7-8,11-12,17H,5-6,9-10,14H2,1H3,(H,27,29). The van der Waals surface area contributed by atoms with Crippen molar-refractivity contribution in [3.63, 3.8) is 0 Å². The molecule has 0 unspecified atom stereocenters. The third-order valence-corrected chi connectivity index (χ3v) is 5.32. The fraction of sp³-hybridized carbons (Fsp3) is 0.292. The maximum atomic E-state index is 14.0. The Balaban J connectivity index is 1.80. The highest BCUT2D eigenvalue weighted by atomic mass is 19.1. The van der Waals surface area contributed by atoms with E-state index in [1.165, 1.54) is 16.7 Å². The molecule has 0 atom stereocenters. The van der Waals surface area contributed by atoms with Gasteiger partial charge in [0.2, 0.25) is 0 Å². The number of carbonyl (C=O) groups is 1. The zero-order valence-corrected chi connectivity index (χ0v) is 17.6. The minimum absolute atomic E-state index is 0.0272. The molecule has 1 fully saturated rings. The van der Waals surface area contributed by atoms with Crippen molar-refractivity contribution in [2.75, 3.05) is 26.9 Å². The number of hydrogen-bond acceptors (Lipinski definition) is 5. The lowest BCUT2D eigenvalue weighted by molar-refractivity contribution is -0.123. The van der Waals surface area contributed by atoms with E-state index in [1.54, 1.807) is 37.4 Å². The Bertz CT molecular complexity index is 1270. The molecular weight excluding hydrogens is 413 g/mol. The summed E-state index contributed by atoms with van der Waals surface area (Å²) in [5.41, 5.74) is 0.909. The smallest absolute Gasteiger partial charge is 0.259 e. The first-order valence-corrected chi connectivity index (χ1v) is 10.3. The van der Waals surface area contributed by atoms with Gasteiger partial charge in [0.15, 0.2) is 6.61 Å². The Hall–Kier alpha value is -3.70. The van der Waals surface area contributed by atoms with Crippen LogP contribution in [0.2, 0.25) is 0 Å². The molecule has 1 aliphatic carbocycles. The lowest BCUT2D eigenvalue weighted by atomic mass is 9.96. The minimum atomic E-state index is -0.441. The summed E-state index contributed by atoms with van der Waals surface area (Å²) in [4.78, 5) is 25.1. The summed E-state index contributed by atoms with van der Waals surface area (Å²) in [6, 6.07) is 12.9. The number of carbonyl (C=O) groups excluding carboxylic acids is 1. The fourth-order valence-corrected chi connectivity index (χ4v) is 3.71. The lowest BCUT2D eigenvalue weighted by Crippen LogP contribution is -2.31. The van der Waals surface area contributed by atoms with Crippen LogP contribution in [0.5, 0.6) is 5.75 Å². The molecule has 1 heterocycles. The quantitative estimate of drug-likeness (QED) is 0.549. The molecule has 1 aliphatic rings. The predicted molar refractivity (Wildman–Crippen MR) is 117 cm³/mol. The molecule has 0 radical (unpaired) electrons. The second-order valence-electron chi connectivity index (χ2n) is 7.59. The maximum Gasteiger partial charge on any atom is 0.259 e. The summed E-state index contributed by atoms with van der Waals surface area (Å²) in [6.45, 7) is 0.546. The van der Waals surface area contributed by atoms with Gasteiger partial charge in [0.1, 0.15) is 23.3 Å². The summed E-state index contributed by atoms with van der Waals surface area (Å²) in [5.74, 6) is -0.386. The molecule has 8 heteroatoms. The van der Waals surface area contributed by atoms with Crippen LogP contribution >= 0.6 is 0 Å². The van der Waals surface area contributed by atoms with Crippen molar-refractivity contribution in [3.8, 4) is 22.9 Å². The van der Waals surface area contributed by atoms with E-state index in [4.69, 9.17) is 9.47 Å². The second kappa shape index (κ2) is 9.20. The number of rotatable bonds is 8. The number of nitriles is 1. The van der Waals surface area contributed by atoms with E-state index >= 15 is 0 Å². The molecule has 3 aromatic rings. The van der Waals surface area contributed by atoms with Crippen molar-refractivity contribution < 1.29 is 18.7 Å². The van der Waals surface area contributed by atoms with Gasteiger partial charge in [-0.1, -0.05) is 12.1 Å². The van der Waals surface area contributed by atoms with Crippen LogP contribution in [0.15, 0.2) is 47.3 Å². The topological polar surface area (TPSA) is 93.3 Å². The van der Waals surface area contributed by atoms with Crippen LogP contribution in [0.4, 0.5) is 4.39 Å². The highest BCUT2D eigenvalue weighted by molar-refractivity contribution is 5.99. The largest absolute Gasteiger partial charge is 0.484 e. The molecule has 0 bridgehead atoms. The van der Waals surface area contributed by atoms with Crippen molar-refractivity contribution >= 4 is 16.7 Å². The zero-order chi connectivity index (χ0) is 22.7. The van der Waals surface area contributed by atoms with Crippen LogP contribution in [-0.4, -0.2) is 37.3 Å². The van der Waals surface area contributed by atoms with Crippen molar-refractivity contribution in [3.05, 3.63) is 64.3 Å². The van der Waals surface area contributed by atoms with Crippen molar-refractivity contribution in [1.82, 2.24) is 9.88 Å².